The molecule has 0 radical (unpaired) electrons. The summed E-state index contributed by atoms with van der Waals surface area (Å²) in [4.78, 5) is 23.3. The zero-order valence-corrected chi connectivity index (χ0v) is 12.1. The molecule has 0 saturated carbocycles. The lowest BCUT2D eigenvalue weighted by Crippen LogP contribution is -2.45. The number of benzene rings is 1. The first-order valence-corrected chi connectivity index (χ1v) is 7.68. The van der Waals surface area contributed by atoms with Crippen LogP contribution in [0.4, 0.5) is 0 Å². The Labute approximate surface area is 126 Å². The van der Waals surface area contributed by atoms with Gasteiger partial charge in [0.15, 0.2) is 11.5 Å². The van der Waals surface area contributed by atoms with E-state index >= 15 is 0 Å². The molecule has 1 saturated heterocycles. The van der Waals surface area contributed by atoms with E-state index in [1.807, 2.05) is 0 Å². The van der Waals surface area contributed by atoms with Crippen molar-refractivity contribution in [2.75, 3.05) is 5.75 Å². The lowest BCUT2D eigenvalue weighted by molar-refractivity contribution is -0.141. The summed E-state index contributed by atoms with van der Waals surface area (Å²) < 4.78 is 0. The van der Waals surface area contributed by atoms with Crippen LogP contribution in [0.1, 0.15) is 18.4 Å². The van der Waals surface area contributed by atoms with Crippen LogP contribution in [0.3, 0.4) is 0 Å². The molecule has 1 aliphatic rings. The Bertz CT molecular complexity index is 542. The van der Waals surface area contributed by atoms with Crippen molar-refractivity contribution in [1.29, 1.82) is 0 Å². The summed E-state index contributed by atoms with van der Waals surface area (Å²) >= 11 is 1.54. The van der Waals surface area contributed by atoms with Gasteiger partial charge < -0.3 is 20.6 Å². The fraction of sp³-hybridized carbons (Fsp3) is 0.429. The molecule has 2 rings (SSSR count). The number of nitrogens with one attached hydrogen (secondary N) is 1. The molecule has 114 valence electrons. The summed E-state index contributed by atoms with van der Waals surface area (Å²) in [6, 6.07) is 3.05. The van der Waals surface area contributed by atoms with Gasteiger partial charge in [-0.2, -0.15) is 0 Å². The standard InChI is InChI=1S/C14H17NO5S/c16-10-4-3-8(7-11(10)17)6-9(14(19)20)15-13(18)12-2-1-5-21-12/h3-4,7,9,12,16-17H,1-2,5-6H2,(H,15,18)(H,19,20). The molecule has 1 heterocycles. The maximum Gasteiger partial charge on any atom is 0.326 e. The number of carbonyl (C=O) groups is 2. The van der Waals surface area contributed by atoms with Crippen molar-refractivity contribution in [3.63, 3.8) is 0 Å². The predicted octanol–water partition coefficient (Wildman–Crippen LogP) is 1.11. The molecule has 2 atom stereocenters. The van der Waals surface area contributed by atoms with Gasteiger partial charge in [0.1, 0.15) is 6.04 Å². The largest absolute Gasteiger partial charge is 0.504 e. The topological polar surface area (TPSA) is 107 Å². The SMILES string of the molecule is O=C(O)C(Cc1ccc(O)c(O)c1)NC(=O)C1CCCS1. The molecule has 7 heteroatoms. The third kappa shape index (κ3) is 4.04. The molecule has 1 aromatic rings. The molecule has 1 aliphatic heterocycles. The molecule has 0 spiro atoms. The molecule has 6 nitrogen and oxygen atoms in total. The van der Waals surface area contributed by atoms with E-state index in [0.29, 0.717) is 5.56 Å². The van der Waals surface area contributed by atoms with E-state index < -0.39 is 12.0 Å². The maximum absolute atomic E-state index is 12.0. The molecule has 0 aliphatic carbocycles. The zero-order valence-electron chi connectivity index (χ0n) is 11.3. The van der Waals surface area contributed by atoms with Gasteiger partial charge in [-0.1, -0.05) is 6.07 Å². The van der Waals surface area contributed by atoms with Gasteiger partial charge in [0.05, 0.1) is 5.25 Å². The fourth-order valence-electron chi connectivity index (χ4n) is 2.18. The number of carboxylic acids is 1. The number of aliphatic carboxylic acids is 1. The molecule has 0 bridgehead atoms. The van der Waals surface area contributed by atoms with Crippen LogP contribution in [0, 0.1) is 0 Å². The Morgan fingerprint density at radius 1 is 1.33 bits per heavy atom. The van der Waals surface area contributed by atoms with Crippen LogP contribution in [0.15, 0.2) is 18.2 Å². The number of thioether (sulfide) groups is 1. The number of phenolic OH excluding ortho intramolecular Hbond substituents is 2. The minimum absolute atomic E-state index is 0.0479. The molecular formula is C14H17NO5S. The van der Waals surface area contributed by atoms with Gasteiger partial charge in [-0.15, -0.1) is 11.8 Å². The monoisotopic (exact) mass is 311 g/mol. The Balaban J connectivity index is 2.03. The minimum Gasteiger partial charge on any atom is -0.504 e. The van der Waals surface area contributed by atoms with Crippen LogP contribution < -0.4 is 5.32 Å². The molecule has 21 heavy (non-hydrogen) atoms. The number of aromatic hydroxyl groups is 2. The third-order valence-electron chi connectivity index (χ3n) is 3.32. The highest BCUT2D eigenvalue weighted by atomic mass is 32.2. The van der Waals surface area contributed by atoms with Crippen molar-refractivity contribution in [3.8, 4) is 11.5 Å². The van der Waals surface area contributed by atoms with Crippen LogP contribution in [-0.2, 0) is 16.0 Å². The van der Waals surface area contributed by atoms with E-state index in [4.69, 9.17) is 0 Å². The van der Waals surface area contributed by atoms with Crippen LogP contribution >= 0.6 is 11.8 Å². The maximum atomic E-state index is 12.0. The molecule has 1 amide bonds. The number of carboxylic acid groups (broad SMARTS) is 1. The lowest BCUT2D eigenvalue weighted by atomic mass is 10.0. The molecule has 2 unspecified atom stereocenters. The number of phenols is 2. The lowest BCUT2D eigenvalue weighted by Gasteiger charge is -2.17. The number of hydrogen-bond acceptors (Lipinski definition) is 5. The molecule has 0 aromatic heterocycles. The van der Waals surface area contributed by atoms with Gasteiger partial charge in [0, 0.05) is 6.42 Å². The summed E-state index contributed by atoms with van der Waals surface area (Å²) in [6.45, 7) is 0. The molecular weight excluding hydrogens is 294 g/mol. The van der Waals surface area contributed by atoms with E-state index in [-0.39, 0.29) is 29.1 Å². The van der Waals surface area contributed by atoms with E-state index in [0.717, 1.165) is 18.6 Å². The number of amides is 1. The van der Waals surface area contributed by atoms with Gasteiger partial charge in [-0.25, -0.2) is 4.79 Å². The summed E-state index contributed by atoms with van der Waals surface area (Å²) in [6.07, 6.45) is 1.78. The zero-order chi connectivity index (χ0) is 15.4. The molecule has 1 fully saturated rings. The van der Waals surface area contributed by atoms with Gasteiger partial charge in [0.2, 0.25) is 5.91 Å². The smallest absolute Gasteiger partial charge is 0.326 e. The van der Waals surface area contributed by atoms with Crippen molar-refractivity contribution in [2.45, 2.75) is 30.6 Å². The van der Waals surface area contributed by atoms with E-state index in [1.165, 1.54) is 30.0 Å². The summed E-state index contributed by atoms with van der Waals surface area (Å²) in [5.41, 5.74) is 0.525. The normalized spacial score (nSPS) is 19.1. The number of rotatable bonds is 5. The van der Waals surface area contributed by atoms with E-state index in [1.54, 1.807) is 0 Å². The first-order valence-electron chi connectivity index (χ1n) is 6.63. The second kappa shape index (κ2) is 6.71. The van der Waals surface area contributed by atoms with Crippen LogP contribution in [0.25, 0.3) is 0 Å². The summed E-state index contributed by atoms with van der Waals surface area (Å²) in [5.74, 6) is -1.04. The van der Waals surface area contributed by atoms with Gasteiger partial charge in [-0.05, 0) is 36.3 Å². The number of hydrogen-bond donors (Lipinski definition) is 4. The minimum atomic E-state index is -1.13. The second-order valence-corrected chi connectivity index (χ2v) is 6.24. The van der Waals surface area contributed by atoms with Crippen molar-refractivity contribution in [3.05, 3.63) is 23.8 Å². The number of carbonyl (C=O) groups excluding carboxylic acids is 1. The summed E-state index contributed by atoms with van der Waals surface area (Å²) in [5, 5.41) is 30.2. The summed E-state index contributed by atoms with van der Waals surface area (Å²) in [7, 11) is 0. The average Bonchev–Trinajstić information content (AvgIpc) is 2.96. The Kier molecular flexibility index (Phi) is 4.95. The Hall–Kier alpha value is -1.89. The van der Waals surface area contributed by atoms with Crippen molar-refractivity contribution in [2.24, 2.45) is 0 Å². The van der Waals surface area contributed by atoms with Crippen molar-refractivity contribution < 1.29 is 24.9 Å². The average molecular weight is 311 g/mol. The van der Waals surface area contributed by atoms with Gasteiger partial charge in [-0.3, -0.25) is 4.79 Å². The van der Waals surface area contributed by atoms with Crippen LogP contribution in [0.2, 0.25) is 0 Å². The molecule has 4 N–H and O–H groups in total. The Morgan fingerprint density at radius 3 is 2.67 bits per heavy atom. The predicted molar refractivity (Wildman–Crippen MR) is 78.5 cm³/mol. The fourth-order valence-corrected chi connectivity index (χ4v) is 3.35. The second-order valence-electron chi connectivity index (χ2n) is 4.93. The van der Waals surface area contributed by atoms with Gasteiger partial charge >= 0.3 is 5.97 Å². The first kappa shape index (κ1) is 15.5. The van der Waals surface area contributed by atoms with Crippen molar-refractivity contribution in [1.82, 2.24) is 5.32 Å². The molecule has 1 aromatic carbocycles. The first-order chi connectivity index (χ1) is 9.97. The van der Waals surface area contributed by atoms with Crippen LogP contribution in [0.5, 0.6) is 11.5 Å². The Morgan fingerprint density at radius 2 is 2.10 bits per heavy atom. The quantitative estimate of drug-likeness (QED) is 0.607. The van der Waals surface area contributed by atoms with E-state index in [2.05, 4.69) is 5.32 Å². The van der Waals surface area contributed by atoms with E-state index in [9.17, 15) is 24.9 Å². The highest BCUT2D eigenvalue weighted by Gasteiger charge is 2.28. The highest BCUT2D eigenvalue weighted by molar-refractivity contribution is 8.00. The van der Waals surface area contributed by atoms with Crippen LogP contribution in [-0.4, -0.2) is 44.2 Å². The van der Waals surface area contributed by atoms with Crippen molar-refractivity contribution >= 4 is 23.6 Å². The highest BCUT2D eigenvalue weighted by Crippen LogP contribution is 2.27. The van der Waals surface area contributed by atoms with Gasteiger partial charge in [0.25, 0.3) is 0 Å². The third-order valence-corrected chi connectivity index (χ3v) is 4.69.